The van der Waals surface area contributed by atoms with Gasteiger partial charge >= 0.3 is 23.9 Å². The number of hydrogen-bond acceptors (Lipinski definition) is 9. The molecule has 2 unspecified atom stereocenters. The molecular formula is C50H78O10. The third kappa shape index (κ3) is 8.29. The van der Waals surface area contributed by atoms with Gasteiger partial charge in [-0.2, -0.15) is 0 Å². The molecule has 0 aromatic carbocycles. The van der Waals surface area contributed by atoms with Crippen LogP contribution in [0.1, 0.15) is 187 Å². The summed E-state index contributed by atoms with van der Waals surface area (Å²) in [5, 5.41) is 9.60. The largest absolute Gasteiger partial charge is 0.481 e. The SMILES string of the molecule is CC(C)C1=C2C3CC[C@@H]4[C@@]5(C)CC[C@H](OC(=O)CC(C)(C)C(=O)OC(C)(C)CCC(C)(CC(=O)O)C(=O)OC(C)(C)C)C(C)(C)[C@H]5CC[C@@]4(C)[C@]3(C)CC[C@@]2(C=O)CC1=O. The van der Waals surface area contributed by atoms with E-state index in [1.165, 1.54) is 5.57 Å². The van der Waals surface area contributed by atoms with Gasteiger partial charge < -0.3 is 24.1 Å². The van der Waals surface area contributed by atoms with Crippen molar-refractivity contribution in [3.8, 4) is 0 Å². The molecule has 0 radical (unpaired) electrons. The Hall–Kier alpha value is -3.04. The van der Waals surface area contributed by atoms with E-state index >= 15 is 0 Å². The van der Waals surface area contributed by atoms with Crippen molar-refractivity contribution in [2.45, 2.75) is 205 Å². The number of aliphatic carboxylic acids is 1. The number of esters is 3. The first-order valence-corrected chi connectivity index (χ1v) is 22.9. The number of ketones is 1. The molecule has 5 aliphatic rings. The van der Waals surface area contributed by atoms with Gasteiger partial charge in [-0.05, 0) is 171 Å². The zero-order chi connectivity index (χ0) is 45.4. The van der Waals surface area contributed by atoms with Crippen molar-refractivity contribution >= 4 is 35.9 Å². The van der Waals surface area contributed by atoms with Gasteiger partial charge in [0.15, 0.2) is 5.78 Å². The molecule has 5 aliphatic carbocycles. The fourth-order valence-electron chi connectivity index (χ4n) is 13.6. The highest BCUT2D eigenvalue weighted by Gasteiger charge is 2.70. The quantitative estimate of drug-likeness (QED) is 0.108. The number of Topliss-reactive ketones (excluding diaryl/α,β-unsaturated/α-hetero) is 1. The molecule has 0 spiro atoms. The van der Waals surface area contributed by atoms with Crippen LogP contribution in [0.5, 0.6) is 0 Å². The Morgan fingerprint density at radius 1 is 0.767 bits per heavy atom. The van der Waals surface area contributed by atoms with Crippen molar-refractivity contribution in [2.75, 3.05) is 0 Å². The predicted octanol–water partition coefficient (Wildman–Crippen LogP) is 10.4. The fraction of sp³-hybridized carbons (Fsp3) is 0.840. The third-order valence-electron chi connectivity index (χ3n) is 17.1. The molecule has 0 aromatic rings. The monoisotopic (exact) mass is 839 g/mol. The van der Waals surface area contributed by atoms with Crippen molar-refractivity contribution < 1.29 is 48.1 Å². The number of carboxylic acid groups (broad SMARTS) is 1. The average Bonchev–Trinajstić information content (AvgIpc) is 3.40. The Morgan fingerprint density at radius 2 is 1.40 bits per heavy atom. The predicted molar refractivity (Wildman–Crippen MR) is 229 cm³/mol. The lowest BCUT2D eigenvalue weighted by atomic mass is 9.33. The van der Waals surface area contributed by atoms with E-state index in [0.29, 0.717) is 18.3 Å². The van der Waals surface area contributed by atoms with E-state index in [-0.39, 0.29) is 64.6 Å². The highest BCUT2D eigenvalue weighted by molar-refractivity contribution is 6.04. The maximum atomic E-state index is 13.8. The molecule has 0 saturated heterocycles. The standard InChI is InChI=1S/C50H78O10/c1-30(2)38-32(52)26-50(29-51)25-24-48(14)31(39(38)50)16-17-34-47(13)20-19-35(45(10,11)33(47)18-21-49(34,48)15)58-37(55)28-43(6,7)40(56)60-44(8,9)22-23-46(12,27-36(53)54)41(57)59-42(3,4)5/h29-31,33-35H,16-28H2,1-15H3,(H,53,54)/t31?,33-,34-,35+,46?,47+,48-,49-,50+/m1/s1. The highest BCUT2D eigenvalue weighted by Crippen LogP contribution is 2.76. The zero-order valence-electron chi connectivity index (χ0n) is 39.8. The van der Waals surface area contributed by atoms with Gasteiger partial charge in [-0.3, -0.25) is 24.0 Å². The fourth-order valence-corrected chi connectivity index (χ4v) is 13.6. The number of carbonyl (C=O) groups excluding carboxylic acids is 5. The van der Waals surface area contributed by atoms with E-state index in [1.807, 2.05) is 0 Å². The van der Waals surface area contributed by atoms with Crippen LogP contribution >= 0.6 is 0 Å². The van der Waals surface area contributed by atoms with Gasteiger partial charge in [-0.1, -0.05) is 48.5 Å². The molecule has 9 atom stereocenters. The first-order valence-electron chi connectivity index (χ1n) is 22.9. The molecule has 0 aliphatic heterocycles. The van der Waals surface area contributed by atoms with Crippen molar-refractivity contribution in [2.24, 2.45) is 61.6 Å². The zero-order valence-corrected chi connectivity index (χ0v) is 39.8. The summed E-state index contributed by atoms with van der Waals surface area (Å²) >= 11 is 0. The van der Waals surface area contributed by atoms with E-state index in [4.69, 9.17) is 14.2 Å². The Balaban J connectivity index is 1.26. The van der Waals surface area contributed by atoms with Crippen molar-refractivity contribution in [1.29, 1.82) is 0 Å². The minimum Gasteiger partial charge on any atom is -0.481 e. The Morgan fingerprint density at radius 3 is 1.97 bits per heavy atom. The van der Waals surface area contributed by atoms with Crippen LogP contribution in [0.2, 0.25) is 0 Å². The van der Waals surface area contributed by atoms with Gasteiger partial charge in [-0.15, -0.1) is 0 Å². The molecule has 10 heteroatoms. The summed E-state index contributed by atoms with van der Waals surface area (Å²) in [4.78, 5) is 78.7. The van der Waals surface area contributed by atoms with Crippen LogP contribution in [0.15, 0.2) is 11.1 Å². The van der Waals surface area contributed by atoms with Gasteiger partial charge in [0.2, 0.25) is 0 Å². The molecule has 5 rings (SSSR count). The van der Waals surface area contributed by atoms with Gasteiger partial charge in [0.1, 0.15) is 23.6 Å². The Labute approximate surface area is 360 Å². The molecule has 338 valence electrons. The normalized spacial score (nSPS) is 35.0. The second-order valence-electron chi connectivity index (χ2n) is 24.2. The lowest BCUT2D eigenvalue weighted by molar-refractivity contribution is -0.233. The molecule has 0 heterocycles. The summed E-state index contributed by atoms with van der Waals surface area (Å²) in [5.74, 6) is -1.48. The van der Waals surface area contributed by atoms with Crippen LogP contribution < -0.4 is 0 Å². The van der Waals surface area contributed by atoms with Crippen LogP contribution in [0.3, 0.4) is 0 Å². The van der Waals surface area contributed by atoms with E-state index < -0.39 is 57.7 Å². The minimum atomic E-state index is -1.33. The molecule has 4 saturated carbocycles. The molecule has 0 aromatic heterocycles. The summed E-state index contributed by atoms with van der Waals surface area (Å²) in [7, 11) is 0. The minimum absolute atomic E-state index is 0.0199. The number of carbonyl (C=O) groups is 6. The van der Waals surface area contributed by atoms with Crippen LogP contribution in [0, 0.1) is 61.6 Å². The molecular weight excluding hydrogens is 761 g/mol. The van der Waals surface area contributed by atoms with E-state index in [2.05, 4.69) is 48.5 Å². The first-order chi connectivity index (χ1) is 27.2. The maximum absolute atomic E-state index is 13.8. The topological polar surface area (TPSA) is 150 Å². The van der Waals surface area contributed by atoms with Crippen LogP contribution in [-0.4, -0.2) is 58.4 Å². The molecule has 1 N–H and O–H groups in total. The first kappa shape index (κ1) is 48.0. The summed E-state index contributed by atoms with van der Waals surface area (Å²) in [5.41, 5.74) is -3.20. The number of rotatable bonds is 13. The third-order valence-corrected chi connectivity index (χ3v) is 17.1. The van der Waals surface area contributed by atoms with E-state index in [9.17, 15) is 33.9 Å². The number of fused-ring (bicyclic) bond motifs is 7. The van der Waals surface area contributed by atoms with Gasteiger partial charge in [0.05, 0.1) is 29.1 Å². The number of hydrogen-bond donors (Lipinski definition) is 1. The van der Waals surface area contributed by atoms with Gasteiger partial charge in [0, 0.05) is 11.8 Å². The van der Waals surface area contributed by atoms with Crippen molar-refractivity contribution in [3.05, 3.63) is 11.1 Å². The molecule has 4 fully saturated rings. The molecule has 10 nitrogen and oxygen atoms in total. The van der Waals surface area contributed by atoms with Crippen LogP contribution in [0.4, 0.5) is 0 Å². The van der Waals surface area contributed by atoms with Crippen molar-refractivity contribution in [3.63, 3.8) is 0 Å². The molecule has 0 bridgehead atoms. The van der Waals surface area contributed by atoms with Crippen LogP contribution in [-0.2, 0) is 43.0 Å². The average molecular weight is 839 g/mol. The lowest BCUT2D eigenvalue weighted by Crippen LogP contribution is -2.65. The van der Waals surface area contributed by atoms with Crippen molar-refractivity contribution in [1.82, 2.24) is 0 Å². The van der Waals surface area contributed by atoms with Crippen LogP contribution in [0.25, 0.3) is 0 Å². The number of ether oxygens (including phenoxy) is 3. The smallest absolute Gasteiger partial charge is 0.312 e. The Kier molecular flexibility index (Phi) is 12.5. The number of aldehydes is 1. The second-order valence-corrected chi connectivity index (χ2v) is 24.2. The van der Waals surface area contributed by atoms with Gasteiger partial charge in [-0.25, -0.2) is 0 Å². The Bertz CT molecular complexity index is 1790. The summed E-state index contributed by atoms with van der Waals surface area (Å²) in [6.45, 7) is 29.7. The maximum Gasteiger partial charge on any atom is 0.312 e. The summed E-state index contributed by atoms with van der Waals surface area (Å²) in [6.07, 6.45) is 8.32. The lowest BCUT2D eigenvalue weighted by Gasteiger charge is -2.72. The van der Waals surface area contributed by atoms with E-state index in [1.54, 1.807) is 55.4 Å². The number of carboxylic acids is 1. The van der Waals surface area contributed by atoms with Gasteiger partial charge in [0.25, 0.3) is 0 Å². The number of allylic oxidation sites excluding steroid dienone is 2. The summed E-state index contributed by atoms with van der Waals surface area (Å²) < 4.78 is 17.9. The molecule has 60 heavy (non-hydrogen) atoms. The van der Waals surface area contributed by atoms with E-state index in [0.717, 1.165) is 63.2 Å². The highest BCUT2D eigenvalue weighted by atomic mass is 16.6. The second kappa shape index (κ2) is 15.6. The summed E-state index contributed by atoms with van der Waals surface area (Å²) in [6, 6.07) is 0. The molecule has 0 amide bonds.